The van der Waals surface area contributed by atoms with Gasteiger partial charge in [0.05, 0.1) is 5.56 Å². The Kier molecular flexibility index (Phi) is 4.91. The molecule has 1 aromatic heterocycles. The lowest BCUT2D eigenvalue weighted by Crippen LogP contribution is -2.24. The Morgan fingerprint density at radius 3 is 2.50 bits per heavy atom. The van der Waals surface area contributed by atoms with Crippen LogP contribution in [0.25, 0.3) is 0 Å². The van der Waals surface area contributed by atoms with Gasteiger partial charge in [0.15, 0.2) is 5.78 Å². The summed E-state index contributed by atoms with van der Waals surface area (Å²) in [6.07, 6.45) is -2.94. The molecule has 0 fully saturated rings. The minimum absolute atomic E-state index is 0.0222. The van der Waals surface area contributed by atoms with Crippen molar-refractivity contribution < 1.29 is 18.0 Å². The number of nitrogens with zero attached hydrogens (tertiary/aromatic N) is 1. The van der Waals surface area contributed by atoms with Crippen LogP contribution in [-0.2, 0) is 5.41 Å². The van der Waals surface area contributed by atoms with E-state index in [1.165, 1.54) is 6.07 Å². The van der Waals surface area contributed by atoms with Crippen LogP contribution in [0.15, 0.2) is 29.1 Å². The molecule has 4 nitrogen and oxygen atoms in total. The van der Waals surface area contributed by atoms with Gasteiger partial charge < -0.3 is 4.98 Å². The maximum absolute atomic E-state index is 13.8. The molecule has 0 saturated carbocycles. The summed E-state index contributed by atoms with van der Waals surface area (Å²) >= 11 is 0. The van der Waals surface area contributed by atoms with Gasteiger partial charge in [-0.25, -0.2) is 18.2 Å². The van der Waals surface area contributed by atoms with Crippen molar-refractivity contribution in [1.29, 1.82) is 0 Å². The van der Waals surface area contributed by atoms with Gasteiger partial charge in [-0.2, -0.15) is 0 Å². The Morgan fingerprint density at radius 1 is 1.29 bits per heavy atom. The Hall–Kier alpha value is -2.44. The van der Waals surface area contributed by atoms with Gasteiger partial charge in [0, 0.05) is 12.5 Å². The summed E-state index contributed by atoms with van der Waals surface area (Å²) in [6.45, 7) is 4.95. The van der Waals surface area contributed by atoms with Crippen LogP contribution in [0, 0.1) is 12.7 Å². The van der Waals surface area contributed by atoms with Crippen molar-refractivity contribution >= 4 is 5.78 Å². The number of halogens is 3. The normalized spacial score (nSPS) is 11.8. The summed E-state index contributed by atoms with van der Waals surface area (Å²) in [5.41, 5.74) is -1.48. The molecule has 128 valence electrons. The quantitative estimate of drug-likeness (QED) is 0.846. The van der Waals surface area contributed by atoms with Crippen LogP contribution in [-0.4, -0.2) is 15.8 Å². The topological polar surface area (TPSA) is 62.8 Å². The van der Waals surface area contributed by atoms with Crippen LogP contribution in [0.1, 0.15) is 54.1 Å². The summed E-state index contributed by atoms with van der Waals surface area (Å²) in [5, 5.41) is 0. The Bertz CT molecular complexity index is 829. The number of H-pyrrole nitrogens is 1. The van der Waals surface area contributed by atoms with Crippen molar-refractivity contribution in [3.63, 3.8) is 0 Å². The summed E-state index contributed by atoms with van der Waals surface area (Å²) in [4.78, 5) is 30.2. The molecule has 2 aromatic rings. The number of aromatic nitrogens is 2. The molecule has 0 bridgehead atoms. The molecule has 2 rings (SSSR count). The second-order valence-electron chi connectivity index (χ2n) is 6.24. The average molecular weight is 338 g/mol. The molecular formula is C17H17F3N2O2. The first-order valence-electron chi connectivity index (χ1n) is 7.29. The maximum atomic E-state index is 13.8. The van der Waals surface area contributed by atoms with Crippen LogP contribution >= 0.6 is 0 Å². The molecule has 0 aliphatic heterocycles. The van der Waals surface area contributed by atoms with Gasteiger partial charge in [-0.15, -0.1) is 0 Å². The number of benzene rings is 1. The van der Waals surface area contributed by atoms with Gasteiger partial charge in [0.2, 0.25) is 0 Å². The summed E-state index contributed by atoms with van der Waals surface area (Å²) in [5.74, 6) is -1.07. The molecule has 0 aliphatic rings. The highest BCUT2D eigenvalue weighted by Crippen LogP contribution is 2.31. The number of aryl methyl sites for hydroxylation is 1. The van der Waals surface area contributed by atoms with Gasteiger partial charge in [0.1, 0.15) is 17.3 Å². The smallest absolute Gasteiger partial charge is 0.266 e. The third-order valence-electron chi connectivity index (χ3n) is 3.77. The number of Topliss-reactive ketones (excluding diaryl/α,β-unsaturated/α-hetero) is 1. The molecule has 0 saturated heterocycles. The number of alkyl halides is 2. The molecule has 7 heteroatoms. The Morgan fingerprint density at radius 2 is 1.96 bits per heavy atom. The highest BCUT2D eigenvalue weighted by atomic mass is 19.3. The fourth-order valence-corrected chi connectivity index (χ4v) is 2.44. The van der Waals surface area contributed by atoms with Crippen LogP contribution in [0.3, 0.4) is 0 Å². The zero-order valence-electron chi connectivity index (χ0n) is 13.5. The van der Waals surface area contributed by atoms with E-state index < -0.39 is 28.8 Å². The molecule has 0 radical (unpaired) electrons. The fourth-order valence-electron chi connectivity index (χ4n) is 2.44. The molecule has 0 spiro atoms. The van der Waals surface area contributed by atoms with Crippen LogP contribution in [0.2, 0.25) is 0 Å². The first-order chi connectivity index (χ1) is 11.1. The van der Waals surface area contributed by atoms with E-state index in [2.05, 4.69) is 9.97 Å². The van der Waals surface area contributed by atoms with E-state index in [4.69, 9.17) is 0 Å². The second kappa shape index (κ2) is 6.59. The molecule has 1 N–H and O–H groups in total. The Balaban J connectivity index is 2.28. The molecular weight excluding hydrogens is 321 g/mol. The van der Waals surface area contributed by atoms with E-state index in [0.29, 0.717) is 11.4 Å². The SMILES string of the molecule is Cc1nc(C(=O)CC(C)(C)c2ccc(C(F)F)c(F)c2)cc(=O)[nH]1. The van der Waals surface area contributed by atoms with Crippen molar-refractivity contribution in [3.05, 3.63) is 63.1 Å². The van der Waals surface area contributed by atoms with Gasteiger partial charge in [-0.1, -0.05) is 26.0 Å². The number of nitrogens with one attached hydrogen (secondary N) is 1. The largest absolute Gasteiger partial charge is 0.311 e. The number of aromatic amines is 1. The number of carbonyl (C=O) groups is 1. The van der Waals surface area contributed by atoms with Crippen molar-refractivity contribution in [2.45, 2.75) is 39.0 Å². The molecule has 0 unspecified atom stereocenters. The van der Waals surface area contributed by atoms with Crippen LogP contribution in [0.4, 0.5) is 13.2 Å². The van der Waals surface area contributed by atoms with E-state index in [0.717, 1.165) is 18.2 Å². The van der Waals surface area contributed by atoms with Gasteiger partial charge in [-0.05, 0) is 24.0 Å². The second-order valence-corrected chi connectivity index (χ2v) is 6.24. The minimum atomic E-state index is -2.90. The third kappa shape index (κ3) is 3.90. The minimum Gasteiger partial charge on any atom is -0.311 e. The van der Waals surface area contributed by atoms with E-state index in [1.54, 1.807) is 20.8 Å². The number of ketones is 1. The van der Waals surface area contributed by atoms with Crippen molar-refractivity contribution in [2.75, 3.05) is 0 Å². The third-order valence-corrected chi connectivity index (χ3v) is 3.77. The van der Waals surface area contributed by atoms with Gasteiger partial charge in [-0.3, -0.25) is 9.59 Å². The number of rotatable bonds is 5. The molecule has 1 heterocycles. The lowest BCUT2D eigenvalue weighted by Gasteiger charge is -2.25. The van der Waals surface area contributed by atoms with Crippen LogP contribution < -0.4 is 5.56 Å². The standard InChI is InChI=1S/C17H17F3N2O2/c1-9-21-13(7-15(24)22-9)14(23)8-17(2,3)10-4-5-11(16(19)20)12(18)6-10/h4-7,16H,8H2,1-3H3,(H,21,22,24). The molecule has 24 heavy (non-hydrogen) atoms. The van der Waals surface area contributed by atoms with E-state index >= 15 is 0 Å². The monoisotopic (exact) mass is 338 g/mol. The fraction of sp³-hybridized carbons (Fsp3) is 0.353. The number of hydrogen-bond donors (Lipinski definition) is 1. The molecule has 0 amide bonds. The summed E-state index contributed by atoms with van der Waals surface area (Å²) in [7, 11) is 0. The predicted molar refractivity (Wildman–Crippen MR) is 82.9 cm³/mol. The van der Waals surface area contributed by atoms with Crippen LogP contribution in [0.5, 0.6) is 0 Å². The zero-order chi connectivity index (χ0) is 18.1. The average Bonchev–Trinajstić information content (AvgIpc) is 2.45. The van der Waals surface area contributed by atoms with Crippen molar-refractivity contribution in [2.24, 2.45) is 0 Å². The molecule has 1 aromatic carbocycles. The summed E-state index contributed by atoms with van der Waals surface area (Å²) in [6, 6.07) is 4.53. The molecule has 0 atom stereocenters. The summed E-state index contributed by atoms with van der Waals surface area (Å²) < 4.78 is 39.0. The number of carbonyl (C=O) groups excluding carboxylic acids is 1. The van der Waals surface area contributed by atoms with Crippen molar-refractivity contribution in [1.82, 2.24) is 9.97 Å². The van der Waals surface area contributed by atoms with E-state index in [1.807, 2.05) is 0 Å². The highest BCUT2D eigenvalue weighted by Gasteiger charge is 2.27. The van der Waals surface area contributed by atoms with E-state index in [-0.39, 0.29) is 17.9 Å². The molecule has 0 aliphatic carbocycles. The van der Waals surface area contributed by atoms with Gasteiger partial charge in [0.25, 0.3) is 12.0 Å². The maximum Gasteiger partial charge on any atom is 0.266 e. The van der Waals surface area contributed by atoms with Gasteiger partial charge >= 0.3 is 0 Å². The number of hydrogen-bond acceptors (Lipinski definition) is 3. The Labute approximate surface area is 136 Å². The first-order valence-corrected chi connectivity index (χ1v) is 7.29. The highest BCUT2D eigenvalue weighted by molar-refractivity contribution is 5.95. The van der Waals surface area contributed by atoms with Crippen molar-refractivity contribution in [3.8, 4) is 0 Å². The first kappa shape index (κ1) is 17.9. The lowest BCUT2D eigenvalue weighted by molar-refractivity contribution is 0.0952. The van der Waals surface area contributed by atoms with E-state index in [9.17, 15) is 22.8 Å². The predicted octanol–water partition coefficient (Wildman–Crippen LogP) is 3.71. The lowest BCUT2D eigenvalue weighted by atomic mass is 9.79. The zero-order valence-corrected chi connectivity index (χ0v) is 13.5.